The van der Waals surface area contributed by atoms with Crippen LogP contribution in [0.3, 0.4) is 0 Å². The van der Waals surface area contributed by atoms with Crippen LogP contribution in [0.5, 0.6) is 0 Å². The van der Waals surface area contributed by atoms with Crippen molar-refractivity contribution in [2.24, 2.45) is 0 Å². The number of carbonyl (C=O) groups is 2. The molecular formula is C39H44F3N3O4. The molecule has 0 aliphatic carbocycles. The Labute approximate surface area is 286 Å². The first-order valence-electron chi connectivity index (χ1n) is 16.4. The Morgan fingerprint density at radius 2 is 1.41 bits per heavy atom. The lowest BCUT2D eigenvalue weighted by molar-refractivity contribution is -0.192. The molecular weight excluding hydrogens is 631 g/mol. The zero-order chi connectivity index (χ0) is 35.1. The number of nitrogens with one attached hydrogen (secondary N) is 1. The van der Waals surface area contributed by atoms with Crippen molar-refractivity contribution in [3.05, 3.63) is 131 Å². The Kier molecular flexibility index (Phi) is 14.4. The second-order valence-corrected chi connectivity index (χ2v) is 12.0. The Morgan fingerprint density at radius 1 is 0.837 bits per heavy atom. The largest absolute Gasteiger partial charge is 0.490 e. The minimum atomic E-state index is -5.08. The Hall–Kier alpha value is -4.51. The van der Waals surface area contributed by atoms with Gasteiger partial charge in [-0.15, -0.1) is 0 Å². The molecule has 7 nitrogen and oxygen atoms in total. The van der Waals surface area contributed by atoms with Crippen LogP contribution >= 0.6 is 0 Å². The smallest absolute Gasteiger partial charge is 0.475 e. The molecule has 0 atom stereocenters. The first kappa shape index (κ1) is 37.3. The van der Waals surface area contributed by atoms with Gasteiger partial charge in [0.1, 0.15) is 6.61 Å². The van der Waals surface area contributed by atoms with Crippen molar-refractivity contribution in [1.29, 1.82) is 0 Å². The fourth-order valence-electron chi connectivity index (χ4n) is 5.89. The van der Waals surface area contributed by atoms with Gasteiger partial charge in [-0.1, -0.05) is 109 Å². The Bertz CT molecular complexity index is 1580. The topological polar surface area (TPSA) is 82.1 Å². The van der Waals surface area contributed by atoms with Crippen LogP contribution in [-0.4, -0.2) is 72.4 Å². The summed E-state index contributed by atoms with van der Waals surface area (Å²) in [5.74, 6) is -2.70. The third kappa shape index (κ3) is 12.2. The highest BCUT2D eigenvalue weighted by atomic mass is 19.4. The predicted octanol–water partition coefficient (Wildman–Crippen LogP) is 6.96. The van der Waals surface area contributed by atoms with Crippen LogP contribution in [0.1, 0.15) is 35.1 Å². The molecule has 0 saturated carbocycles. The number of rotatable bonds is 13. The van der Waals surface area contributed by atoms with Gasteiger partial charge in [0.2, 0.25) is 5.91 Å². The predicted molar refractivity (Wildman–Crippen MR) is 185 cm³/mol. The maximum atomic E-state index is 13.3. The molecule has 4 aromatic carbocycles. The molecule has 10 heteroatoms. The number of amides is 1. The number of benzene rings is 4. The number of methoxy groups -OCH3 is 1. The maximum absolute atomic E-state index is 13.3. The van der Waals surface area contributed by atoms with Crippen LogP contribution < -0.4 is 5.32 Å². The monoisotopic (exact) mass is 675 g/mol. The first-order chi connectivity index (χ1) is 23.6. The number of ether oxygens (including phenoxy) is 1. The van der Waals surface area contributed by atoms with E-state index >= 15 is 0 Å². The van der Waals surface area contributed by atoms with Crippen LogP contribution in [0.25, 0.3) is 11.1 Å². The molecule has 4 aromatic rings. The molecule has 1 heterocycles. The summed E-state index contributed by atoms with van der Waals surface area (Å²) >= 11 is 0. The highest BCUT2D eigenvalue weighted by Gasteiger charge is 2.38. The van der Waals surface area contributed by atoms with Crippen molar-refractivity contribution in [1.82, 2.24) is 15.1 Å². The normalized spacial score (nSPS) is 13.7. The van der Waals surface area contributed by atoms with Gasteiger partial charge in [-0.2, -0.15) is 13.2 Å². The van der Waals surface area contributed by atoms with Gasteiger partial charge in [-0.05, 0) is 59.2 Å². The fourth-order valence-corrected chi connectivity index (χ4v) is 5.89. The number of alkyl halides is 3. The maximum Gasteiger partial charge on any atom is 0.490 e. The number of hydrogen-bond acceptors (Lipinski definition) is 5. The van der Waals surface area contributed by atoms with E-state index < -0.39 is 12.1 Å². The number of aliphatic carboxylic acids is 1. The van der Waals surface area contributed by atoms with E-state index in [4.69, 9.17) is 14.6 Å². The lowest BCUT2D eigenvalue weighted by atomic mass is 9.96. The molecule has 1 aliphatic heterocycles. The second kappa shape index (κ2) is 18.9. The molecule has 1 amide bonds. The number of likely N-dealkylation sites (tertiary alicyclic amines) is 1. The van der Waals surface area contributed by atoms with Crippen LogP contribution in [-0.2, 0) is 40.4 Å². The molecule has 2 N–H and O–H groups in total. The summed E-state index contributed by atoms with van der Waals surface area (Å²) < 4.78 is 37.0. The van der Waals surface area contributed by atoms with Gasteiger partial charge in [0.15, 0.2) is 0 Å². The summed E-state index contributed by atoms with van der Waals surface area (Å²) in [6, 6.07) is 38.7. The van der Waals surface area contributed by atoms with E-state index in [0.29, 0.717) is 6.54 Å². The van der Waals surface area contributed by atoms with Crippen LogP contribution in [0.4, 0.5) is 13.2 Å². The number of nitrogens with zero attached hydrogens (tertiary/aromatic N) is 2. The molecule has 49 heavy (non-hydrogen) atoms. The van der Waals surface area contributed by atoms with Crippen molar-refractivity contribution >= 4 is 11.9 Å². The summed E-state index contributed by atoms with van der Waals surface area (Å²) in [4.78, 5) is 26.8. The van der Waals surface area contributed by atoms with Gasteiger partial charge < -0.3 is 20.1 Å². The average molecular weight is 676 g/mol. The quantitative estimate of drug-likeness (QED) is 0.149. The first-order valence-corrected chi connectivity index (χ1v) is 16.4. The van der Waals surface area contributed by atoms with Crippen molar-refractivity contribution in [3.63, 3.8) is 0 Å². The van der Waals surface area contributed by atoms with E-state index in [1.165, 1.54) is 33.4 Å². The summed E-state index contributed by atoms with van der Waals surface area (Å²) in [6.45, 7) is 5.42. The zero-order valence-electron chi connectivity index (χ0n) is 27.7. The summed E-state index contributed by atoms with van der Waals surface area (Å²) in [5.41, 5.74) is 7.48. The molecule has 260 valence electrons. The van der Waals surface area contributed by atoms with E-state index in [-0.39, 0.29) is 18.6 Å². The van der Waals surface area contributed by atoms with E-state index in [0.717, 1.165) is 52.0 Å². The van der Waals surface area contributed by atoms with Gasteiger partial charge in [0.05, 0.1) is 0 Å². The number of carboxylic acid groups (broad SMARTS) is 1. The van der Waals surface area contributed by atoms with Gasteiger partial charge in [0, 0.05) is 45.9 Å². The van der Waals surface area contributed by atoms with Crippen molar-refractivity contribution in [2.75, 3.05) is 33.4 Å². The SMILES string of the molecule is COCC(=O)N(Cc1ccccc1-c1ccc(CNCCc2ccccc2)cc1)C1CCN(Cc2ccccc2)CC1.O=C(O)C(F)(F)F. The molecule has 0 spiro atoms. The van der Waals surface area contributed by atoms with Gasteiger partial charge >= 0.3 is 12.1 Å². The third-order valence-corrected chi connectivity index (χ3v) is 8.46. The van der Waals surface area contributed by atoms with Crippen LogP contribution in [0.2, 0.25) is 0 Å². The molecule has 1 fully saturated rings. The molecule has 1 saturated heterocycles. The lowest BCUT2D eigenvalue weighted by Gasteiger charge is -2.39. The summed E-state index contributed by atoms with van der Waals surface area (Å²) in [7, 11) is 1.60. The highest BCUT2D eigenvalue weighted by molar-refractivity contribution is 5.78. The molecule has 0 radical (unpaired) electrons. The third-order valence-electron chi connectivity index (χ3n) is 8.46. The number of carboxylic acids is 1. The average Bonchev–Trinajstić information content (AvgIpc) is 3.11. The van der Waals surface area contributed by atoms with E-state index in [1.54, 1.807) is 7.11 Å². The van der Waals surface area contributed by atoms with E-state index in [9.17, 15) is 18.0 Å². The Balaban J connectivity index is 0.000000698. The van der Waals surface area contributed by atoms with Crippen molar-refractivity contribution in [2.45, 2.75) is 51.1 Å². The summed E-state index contributed by atoms with van der Waals surface area (Å²) in [6.07, 6.45) is -2.12. The van der Waals surface area contributed by atoms with Crippen LogP contribution in [0.15, 0.2) is 109 Å². The van der Waals surface area contributed by atoms with Gasteiger partial charge in [-0.25, -0.2) is 4.79 Å². The van der Waals surface area contributed by atoms with Crippen molar-refractivity contribution in [3.8, 4) is 11.1 Å². The lowest BCUT2D eigenvalue weighted by Crippen LogP contribution is -2.47. The minimum Gasteiger partial charge on any atom is -0.475 e. The zero-order valence-corrected chi connectivity index (χ0v) is 27.7. The minimum absolute atomic E-state index is 0.0609. The number of hydrogen-bond donors (Lipinski definition) is 2. The van der Waals surface area contributed by atoms with E-state index in [1.807, 2.05) is 0 Å². The number of piperidine rings is 1. The molecule has 0 bridgehead atoms. The molecule has 1 aliphatic rings. The van der Waals surface area contributed by atoms with Crippen molar-refractivity contribution < 1.29 is 32.6 Å². The standard InChI is InChI=1S/C37H43N3O2.C2HF3O2/c1-42-29-37(41)40(35-21-24-39(25-22-35)27-32-12-6-3-7-13-32)28-34-14-8-9-15-36(34)33-18-16-31(17-19-33)26-38-23-20-30-10-4-2-5-11-30;3-2(4,5)1(6)7/h2-19,35,38H,20-29H2,1H3;(H,6,7). The number of carbonyl (C=O) groups excluding carboxylic acids is 1. The second-order valence-electron chi connectivity index (χ2n) is 12.0. The van der Waals surface area contributed by atoms with Gasteiger partial charge in [-0.3, -0.25) is 9.69 Å². The fraction of sp³-hybridized carbons (Fsp3) is 0.333. The number of halogens is 3. The van der Waals surface area contributed by atoms with Crippen LogP contribution in [0, 0.1) is 0 Å². The Morgan fingerprint density at radius 3 is 2.00 bits per heavy atom. The molecule has 0 unspecified atom stereocenters. The highest BCUT2D eigenvalue weighted by Crippen LogP contribution is 2.28. The molecule has 0 aromatic heterocycles. The summed E-state index contributed by atoms with van der Waals surface area (Å²) in [5, 5.41) is 10.7. The van der Waals surface area contributed by atoms with Gasteiger partial charge in [0.25, 0.3) is 0 Å². The molecule has 5 rings (SSSR count). The van der Waals surface area contributed by atoms with E-state index in [2.05, 4.69) is 124 Å².